The zero-order chi connectivity index (χ0) is 18.9. The summed E-state index contributed by atoms with van der Waals surface area (Å²) in [5.74, 6) is 1.28. The summed E-state index contributed by atoms with van der Waals surface area (Å²) in [6.07, 6.45) is 7.57. The third-order valence-electron chi connectivity index (χ3n) is 5.94. The van der Waals surface area contributed by atoms with Gasteiger partial charge in [0.25, 0.3) is 0 Å². The molecule has 0 saturated carbocycles. The molecule has 2 aromatic rings. The molecule has 2 aliphatic rings. The van der Waals surface area contributed by atoms with Crippen molar-refractivity contribution in [2.45, 2.75) is 43.7 Å². The number of nitrogens with one attached hydrogen (secondary N) is 1. The van der Waals surface area contributed by atoms with Gasteiger partial charge in [-0.05, 0) is 18.9 Å². The molecule has 2 aliphatic heterocycles. The maximum absolute atomic E-state index is 12.5. The Morgan fingerprint density at radius 3 is 2.96 bits per heavy atom. The number of benzene rings is 1. The Morgan fingerprint density at radius 2 is 2.19 bits per heavy atom. The molecule has 27 heavy (non-hydrogen) atoms. The molecule has 6 heteroatoms. The van der Waals surface area contributed by atoms with Crippen LogP contribution in [0.25, 0.3) is 0 Å². The highest BCUT2D eigenvalue weighted by atomic mass is 16.5. The summed E-state index contributed by atoms with van der Waals surface area (Å²) in [5, 5.41) is 3.41. The third kappa shape index (κ3) is 3.58. The molecular weight excluding hydrogens is 340 g/mol. The number of aryl methyl sites for hydroxylation is 1. The number of hydrogen-bond donors (Lipinski definition) is 1. The molecule has 2 fully saturated rings. The lowest BCUT2D eigenvalue weighted by Gasteiger charge is -2.35. The number of amides is 1. The average molecular weight is 368 g/mol. The molecular formula is C21H28N4O2. The van der Waals surface area contributed by atoms with Crippen molar-refractivity contribution in [3.05, 3.63) is 48.0 Å². The van der Waals surface area contributed by atoms with Gasteiger partial charge in [0.2, 0.25) is 5.91 Å². The Kier molecular flexibility index (Phi) is 4.91. The highest BCUT2D eigenvalue weighted by molar-refractivity contribution is 5.77. The summed E-state index contributed by atoms with van der Waals surface area (Å²) in [6.45, 7) is 2.53. The lowest BCUT2D eigenvalue weighted by Crippen LogP contribution is -2.52. The topological polar surface area (TPSA) is 59.4 Å². The standard InChI is InChI=1S/C21H28N4O2/c1-24-11-16(22-15-24)12-25-13-18(17-7-3-4-8-19(17)27-2)21(14-25)10-6-5-9-20(26)23-21/h3-4,7-8,11,15,18H,5-6,9-10,12-14H2,1-2H3,(H,23,26)/t18-,21+/m0/s1. The van der Waals surface area contributed by atoms with Gasteiger partial charge in [0.1, 0.15) is 5.75 Å². The summed E-state index contributed by atoms with van der Waals surface area (Å²) in [4.78, 5) is 19.4. The van der Waals surface area contributed by atoms with Gasteiger partial charge in [0.05, 0.1) is 24.7 Å². The van der Waals surface area contributed by atoms with Gasteiger partial charge in [-0.1, -0.05) is 24.6 Å². The molecule has 4 rings (SSSR count). The first-order chi connectivity index (χ1) is 13.1. The number of likely N-dealkylation sites (tertiary alicyclic amines) is 1. The summed E-state index contributed by atoms with van der Waals surface area (Å²) in [5.41, 5.74) is 2.01. The van der Waals surface area contributed by atoms with Gasteiger partial charge in [-0.25, -0.2) is 4.98 Å². The first-order valence-electron chi connectivity index (χ1n) is 9.73. The molecule has 1 amide bonds. The Bertz CT molecular complexity index is 818. The minimum Gasteiger partial charge on any atom is -0.496 e. The van der Waals surface area contributed by atoms with Crippen LogP contribution in [0.3, 0.4) is 0 Å². The van der Waals surface area contributed by atoms with E-state index in [0.29, 0.717) is 6.42 Å². The largest absolute Gasteiger partial charge is 0.496 e. The molecule has 1 spiro atoms. The fourth-order valence-electron chi connectivity index (χ4n) is 4.76. The van der Waals surface area contributed by atoms with Crippen LogP contribution < -0.4 is 10.1 Å². The van der Waals surface area contributed by atoms with Crippen LogP contribution >= 0.6 is 0 Å². The van der Waals surface area contributed by atoms with Gasteiger partial charge < -0.3 is 14.6 Å². The second kappa shape index (κ2) is 7.35. The Hall–Kier alpha value is -2.34. The Labute approximate surface area is 160 Å². The van der Waals surface area contributed by atoms with E-state index in [-0.39, 0.29) is 17.4 Å². The number of para-hydroxylation sites is 1. The van der Waals surface area contributed by atoms with Crippen molar-refractivity contribution in [2.75, 3.05) is 20.2 Å². The zero-order valence-corrected chi connectivity index (χ0v) is 16.1. The molecule has 6 nitrogen and oxygen atoms in total. The molecule has 0 radical (unpaired) electrons. The monoisotopic (exact) mass is 368 g/mol. The van der Waals surface area contributed by atoms with Crippen LogP contribution in [-0.2, 0) is 18.4 Å². The quantitative estimate of drug-likeness (QED) is 0.901. The molecule has 3 heterocycles. The summed E-state index contributed by atoms with van der Waals surface area (Å²) in [6, 6.07) is 8.22. The van der Waals surface area contributed by atoms with E-state index in [9.17, 15) is 4.79 Å². The molecule has 1 N–H and O–H groups in total. The molecule has 0 bridgehead atoms. The third-order valence-corrected chi connectivity index (χ3v) is 5.94. The fraction of sp³-hybridized carbons (Fsp3) is 0.524. The fourth-order valence-corrected chi connectivity index (χ4v) is 4.76. The number of nitrogens with zero attached hydrogens (tertiary/aromatic N) is 3. The molecule has 1 aromatic carbocycles. The van der Waals surface area contributed by atoms with Crippen LogP contribution in [0.15, 0.2) is 36.8 Å². The number of carbonyl (C=O) groups is 1. The second-order valence-electron chi connectivity index (χ2n) is 7.91. The molecule has 0 unspecified atom stereocenters. The van der Waals surface area contributed by atoms with E-state index >= 15 is 0 Å². The maximum atomic E-state index is 12.5. The molecule has 2 saturated heterocycles. The van der Waals surface area contributed by atoms with Crippen LogP contribution in [0.5, 0.6) is 5.75 Å². The van der Waals surface area contributed by atoms with E-state index in [1.165, 1.54) is 5.56 Å². The lowest BCUT2D eigenvalue weighted by molar-refractivity contribution is -0.122. The smallest absolute Gasteiger partial charge is 0.220 e. The van der Waals surface area contributed by atoms with Gasteiger partial charge in [-0.2, -0.15) is 0 Å². The molecule has 0 aliphatic carbocycles. The number of methoxy groups -OCH3 is 1. The van der Waals surface area contributed by atoms with Crippen LogP contribution in [0.2, 0.25) is 0 Å². The normalized spacial score (nSPS) is 26.1. The molecule has 2 atom stereocenters. The number of rotatable bonds is 4. The van der Waals surface area contributed by atoms with E-state index in [0.717, 1.165) is 50.3 Å². The minimum absolute atomic E-state index is 0.173. The number of imidazole rings is 1. The Morgan fingerprint density at radius 1 is 1.33 bits per heavy atom. The predicted octanol–water partition coefficient (Wildman–Crippen LogP) is 2.46. The number of aromatic nitrogens is 2. The van der Waals surface area contributed by atoms with Crippen LogP contribution in [-0.4, -0.2) is 46.1 Å². The first kappa shape index (κ1) is 18.0. The maximum Gasteiger partial charge on any atom is 0.220 e. The number of carbonyl (C=O) groups excluding carboxylic acids is 1. The second-order valence-corrected chi connectivity index (χ2v) is 7.91. The van der Waals surface area contributed by atoms with Crippen molar-refractivity contribution in [3.63, 3.8) is 0 Å². The van der Waals surface area contributed by atoms with Crippen LogP contribution in [0.4, 0.5) is 0 Å². The lowest BCUT2D eigenvalue weighted by atomic mass is 9.78. The number of ether oxygens (including phenoxy) is 1. The molecule has 1 aromatic heterocycles. The first-order valence-corrected chi connectivity index (χ1v) is 9.73. The predicted molar refractivity (Wildman–Crippen MR) is 104 cm³/mol. The highest BCUT2D eigenvalue weighted by Crippen LogP contribution is 2.44. The zero-order valence-electron chi connectivity index (χ0n) is 16.1. The summed E-state index contributed by atoms with van der Waals surface area (Å²) < 4.78 is 7.64. The van der Waals surface area contributed by atoms with E-state index in [2.05, 4.69) is 33.5 Å². The van der Waals surface area contributed by atoms with Crippen LogP contribution in [0, 0.1) is 0 Å². The van der Waals surface area contributed by atoms with Crippen LogP contribution in [0.1, 0.15) is 42.9 Å². The Balaban J connectivity index is 1.67. The highest BCUT2D eigenvalue weighted by Gasteiger charge is 2.49. The van der Waals surface area contributed by atoms with Gasteiger partial charge in [-0.3, -0.25) is 9.69 Å². The van der Waals surface area contributed by atoms with Gasteiger partial charge in [0, 0.05) is 50.8 Å². The average Bonchev–Trinajstić information content (AvgIpc) is 3.16. The summed E-state index contributed by atoms with van der Waals surface area (Å²) >= 11 is 0. The van der Waals surface area contributed by atoms with Crippen molar-refractivity contribution in [3.8, 4) is 5.75 Å². The van der Waals surface area contributed by atoms with Gasteiger partial charge >= 0.3 is 0 Å². The van der Waals surface area contributed by atoms with E-state index in [4.69, 9.17) is 4.74 Å². The van der Waals surface area contributed by atoms with Crippen molar-refractivity contribution >= 4 is 5.91 Å². The van der Waals surface area contributed by atoms with E-state index in [1.807, 2.05) is 30.1 Å². The van der Waals surface area contributed by atoms with Crippen molar-refractivity contribution in [1.29, 1.82) is 0 Å². The molecule has 144 valence electrons. The van der Waals surface area contributed by atoms with Gasteiger partial charge in [-0.15, -0.1) is 0 Å². The minimum atomic E-state index is -0.239. The van der Waals surface area contributed by atoms with Gasteiger partial charge in [0.15, 0.2) is 0 Å². The van der Waals surface area contributed by atoms with Crippen molar-refractivity contribution in [2.24, 2.45) is 7.05 Å². The number of hydrogen-bond acceptors (Lipinski definition) is 4. The van der Waals surface area contributed by atoms with Crippen molar-refractivity contribution in [1.82, 2.24) is 19.8 Å². The van der Waals surface area contributed by atoms with E-state index in [1.54, 1.807) is 7.11 Å². The SMILES string of the molecule is COc1ccccc1[C@@H]1CN(Cc2cn(C)cn2)C[C@]12CCCCC(=O)N2. The van der Waals surface area contributed by atoms with Crippen molar-refractivity contribution < 1.29 is 9.53 Å². The summed E-state index contributed by atoms with van der Waals surface area (Å²) in [7, 11) is 3.71. The van der Waals surface area contributed by atoms with E-state index < -0.39 is 0 Å².